The van der Waals surface area contributed by atoms with Crippen LogP contribution in [0.2, 0.25) is 0 Å². The van der Waals surface area contributed by atoms with Gasteiger partial charge in [0.2, 0.25) is 5.91 Å². The molecule has 6 nitrogen and oxygen atoms in total. The number of aromatic nitrogens is 3. The number of amides is 1. The maximum atomic E-state index is 14.6. The Balaban J connectivity index is 1.70. The van der Waals surface area contributed by atoms with E-state index in [1.54, 1.807) is 12.1 Å². The van der Waals surface area contributed by atoms with Crippen molar-refractivity contribution < 1.29 is 13.6 Å². The third kappa shape index (κ3) is 2.63. The topological polar surface area (TPSA) is 73.0 Å². The molecular formula is C20H14BrFN4O2. The van der Waals surface area contributed by atoms with Crippen LogP contribution in [-0.2, 0) is 4.79 Å². The van der Waals surface area contributed by atoms with E-state index in [9.17, 15) is 9.18 Å². The van der Waals surface area contributed by atoms with Crippen molar-refractivity contribution in [2.45, 2.75) is 19.3 Å². The molecule has 0 spiro atoms. The Morgan fingerprint density at radius 2 is 2.11 bits per heavy atom. The largest absolute Gasteiger partial charge is 0.422 e. The lowest BCUT2D eigenvalue weighted by Crippen LogP contribution is -2.25. The summed E-state index contributed by atoms with van der Waals surface area (Å²) in [5, 5.41) is 7.38. The first-order chi connectivity index (χ1) is 13.5. The van der Waals surface area contributed by atoms with E-state index in [-0.39, 0.29) is 24.2 Å². The molecule has 2 aromatic carbocycles. The molecule has 0 aliphatic carbocycles. The van der Waals surface area contributed by atoms with Crippen molar-refractivity contribution in [3.05, 3.63) is 69.6 Å². The van der Waals surface area contributed by atoms with E-state index >= 15 is 0 Å². The number of carbonyl (C=O) groups excluding carboxylic acids is 1. The van der Waals surface area contributed by atoms with Crippen LogP contribution in [0.15, 0.2) is 51.4 Å². The molecule has 140 valence electrons. The number of hydrogen-bond donors (Lipinski definition) is 1. The Morgan fingerprint density at radius 3 is 2.93 bits per heavy atom. The first-order valence-electron chi connectivity index (χ1n) is 8.71. The highest BCUT2D eigenvalue weighted by Gasteiger charge is 2.35. The van der Waals surface area contributed by atoms with Gasteiger partial charge in [-0.05, 0) is 42.8 Å². The quantitative estimate of drug-likeness (QED) is 0.490. The van der Waals surface area contributed by atoms with Crippen LogP contribution in [0.4, 0.5) is 10.2 Å². The summed E-state index contributed by atoms with van der Waals surface area (Å²) in [5.41, 5.74) is 3.21. The van der Waals surface area contributed by atoms with Gasteiger partial charge < -0.3 is 9.73 Å². The second-order valence-corrected chi connectivity index (χ2v) is 7.61. The molecule has 1 amide bonds. The lowest BCUT2D eigenvalue weighted by molar-refractivity contribution is -0.116. The fourth-order valence-electron chi connectivity index (χ4n) is 3.68. The van der Waals surface area contributed by atoms with Crippen molar-refractivity contribution in [2.24, 2.45) is 0 Å². The molecule has 3 heterocycles. The van der Waals surface area contributed by atoms with Crippen LogP contribution in [0.1, 0.15) is 29.2 Å². The molecule has 0 saturated carbocycles. The number of rotatable bonds is 2. The number of hydrogen-bond acceptors (Lipinski definition) is 4. The number of nitrogens with one attached hydrogen (secondary N) is 1. The lowest BCUT2D eigenvalue weighted by Gasteiger charge is -2.24. The van der Waals surface area contributed by atoms with Crippen molar-refractivity contribution in [3.8, 4) is 6.01 Å². The number of oxazole rings is 1. The van der Waals surface area contributed by atoms with Crippen LogP contribution in [-0.4, -0.2) is 20.7 Å². The second kappa shape index (κ2) is 6.27. The molecule has 1 atom stereocenters. The molecular weight excluding hydrogens is 427 g/mol. The molecule has 0 fully saturated rings. The summed E-state index contributed by atoms with van der Waals surface area (Å²) in [6.45, 7) is 1.83. The van der Waals surface area contributed by atoms with Crippen LogP contribution in [0.3, 0.4) is 0 Å². The van der Waals surface area contributed by atoms with E-state index in [1.165, 1.54) is 10.7 Å². The zero-order valence-corrected chi connectivity index (χ0v) is 16.3. The summed E-state index contributed by atoms with van der Waals surface area (Å²) in [7, 11) is 0. The SMILES string of the molecule is Cc1nn(-c2nc3ccccc3o2)c2c1[C@H](c1cc(Br)ccc1F)CC(=O)N2. The summed E-state index contributed by atoms with van der Waals surface area (Å²) in [6, 6.07) is 12.4. The van der Waals surface area contributed by atoms with Crippen molar-refractivity contribution in [1.29, 1.82) is 0 Å². The molecule has 0 unspecified atom stereocenters. The average molecular weight is 441 g/mol. The third-order valence-electron chi connectivity index (χ3n) is 4.90. The number of carbonyl (C=O) groups is 1. The van der Waals surface area contributed by atoms with E-state index in [0.29, 0.717) is 28.2 Å². The predicted molar refractivity (Wildman–Crippen MR) is 105 cm³/mol. The fourth-order valence-corrected chi connectivity index (χ4v) is 4.06. The minimum absolute atomic E-state index is 0.139. The van der Waals surface area contributed by atoms with Gasteiger partial charge in [-0.1, -0.05) is 28.1 Å². The van der Waals surface area contributed by atoms with Crippen LogP contribution in [0.25, 0.3) is 17.1 Å². The van der Waals surface area contributed by atoms with Gasteiger partial charge in [-0.25, -0.2) is 4.39 Å². The van der Waals surface area contributed by atoms with Gasteiger partial charge in [0, 0.05) is 22.4 Å². The Bertz CT molecular complexity index is 1210. The van der Waals surface area contributed by atoms with Crippen molar-refractivity contribution in [3.63, 3.8) is 0 Å². The predicted octanol–water partition coefficient (Wildman–Crippen LogP) is 4.70. The highest BCUT2D eigenvalue weighted by atomic mass is 79.9. The van der Waals surface area contributed by atoms with E-state index in [0.717, 1.165) is 10.0 Å². The number of anilines is 1. The standard InChI is InChI=1S/C20H14BrFN4O2/c1-10-18-13(12-8-11(21)6-7-14(12)22)9-17(27)24-19(18)26(25-10)20-23-15-4-2-3-5-16(15)28-20/h2-8,13H,9H2,1H3,(H,24,27)/t13-/m0/s1. The molecule has 1 aliphatic rings. The summed E-state index contributed by atoms with van der Waals surface area (Å²) in [6.07, 6.45) is 0.139. The van der Waals surface area contributed by atoms with Crippen LogP contribution in [0, 0.1) is 12.7 Å². The second-order valence-electron chi connectivity index (χ2n) is 6.69. The first-order valence-corrected chi connectivity index (χ1v) is 9.51. The Kier molecular flexibility index (Phi) is 3.83. The Labute approximate surface area is 167 Å². The lowest BCUT2D eigenvalue weighted by atomic mass is 9.85. The van der Waals surface area contributed by atoms with Crippen LogP contribution >= 0.6 is 15.9 Å². The first kappa shape index (κ1) is 17.1. The van der Waals surface area contributed by atoms with Gasteiger partial charge in [0.1, 0.15) is 17.2 Å². The average Bonchev–Trinajstić information content (AvgIpc) is 3.24. The zero-order valence-electron chi connectivity index (χ0n) is 14.7. The summed E-state index contributed by atoms with van der Waals surface area (Å²) >= 11 is 3.38. The normalized spacial score (nSPS) is 16.2. The molecule has 2 aromatic heterocycles. The molecule has 0 radical (unpaired) electrons. The van der Waals surface area contributed by atoms with E-state index in [1.807, 2.05) is 31.2 Å². The molecule has 5 rings (SSSR count). The number of benzene rings is 2. The molecule has 0 saturated heterocycles. The summed E-state index contributed by atoms with van der Waals surface area (Å²) < 4.78 is 22.6. The molecule has 4 aromatic rings. The molecule has 1 aliphatic heterocycles. The van der Waals surface area contributed by atoms with Crippen molar-refractivity contribution >= 4 is 38.8 Å². The molecule has 8 heteroatoms. The van der Waals surface area contributed by atoms with Gasteiger partial charge in [-0.2, -0.15) is 14.8 Å². The smallest absolute Gasteiger partial charge is 0.325 e. The number of aryl methyl sites for hydroxylation is 1. The Morgan fingerprint density at radius 1 is 1.29 bits per heavy atom. The zero-order chi connectivity index (χ0) is 19.4. The number of fused-ring (bicyclic) bond motifs is 2. The Hall–Kier alpha value is -3.00. The fraction of sp³-hybridized carbons (Fsp3) is 0.150. The highest BCUT2D eigenvalue weighted by Crippen LogP contribution is 2.41. The third-order valence-corrected chi connectivity index (χ3v) is 5.39. The summed E-state index contributed by atoms with van der Waals surface area (Å²) in [4.78, 5) is 16.9. The minimum atomic E-state index is -0.445. The molecule has 0 bridgehead atoms. The van der Waals surface area contributed by atoms with Crippen LogP contribution < -0.4 is 5.32 Å². The monoisotopic (exact) mass is 440 g/mol. The van der Waals surface area contributed by atoms with Gasteiger partial charge >= 0.3 is 6.01 Å². The van der Waals surface area contributed by atoms with Crippen LogP contribution in [0.5, 0.6) is 0 Å². The van der Waals surface area contributed by atoms with Gasteiger partial charge in [0.15, 0.2) is 5.58 Å². The molecule has 28 heavy (non-hydrogen) atoms. The number of halogens is 2. The van der Waals surface area contributed by atoms with Gasteiger partial charge in [0.25, 0.3) is 0 Å². The molecule has 1 N–H and O–H groups in total. The number of para-hydroxylation sites is 2. The van der Waals surface area contributed by atoms with Gasteiger partial charge in [-0.15, -0.1) is 0 Å². The van der Waals surface area contributed by atoms with Crippen molar-refractivity contribution in [2.75, 3.05) is 5.32 Å². The minimum Gasteiger partial charge on any atom is -0.422 e. The van der Waals surface area contributed by atoms with E-state index in [4.69, 9.17) is 4.42 Å². The van der Waals surface area contributed by atoms with E-state index < -0.39 is 5.92 Å². The van der Waals surface area contributed by atoms with Gasteiger partial charge in [-0.3, -0.25) is 4.79 Å². The van der Waals surface area contributed by atoms with Gasteiger partial charge in [0.05, 0.1) is 5.69 Å². The van der Waals surface area contributed by atoms with E-state index in [2.05, 4.69) is 31.3 Å². The maximum Gasteiger partial charge on any atom is 0.325 e. The van der Waals surface area contributed by atoms with Crippen molar-refractivity contribution in [1.82, 2.24) is 14.8 Å². The number of nitrogens with zero attached hydrogens (tertiary/aromatic N) is 3. The maximum absolute atomic E-state index is 14.6. The highest BCUT2D eigenvalue weighted by molar-refractivity contribution is 9.10. The summed E-state index contributed by atoms with van der Waals surface area (Å²) in [5.74, 6) is -0.555.